The van der Waals surface area contributed by atoms with Crippen LogP contribution in [-0.4, -0.2) is 11.2 Å². The first-order valence-corrected chi connectivity index (χ1v) is 8.46. The quantitative estimate of drug-likeness (QED) is 0.677. The van der Waals surface area contributed by atoms with Crippen LogP contribution < -0.4 is 0 Å². The molecule has 1 fully saturated rings. The SMILES string of the molecule is CC(C)C1=C2[C@@H]3CCC=C[C@H](O)[C@]3(C)CC[C@@]2(C)CC1. The van der Waals surface area contributed by atoms with Gasteiger partial charge < -0.3 is 5.11 Å². The molecule has 0 radical (unpaired) electrons. The number of aliphatic hydroxyl groups excluding tert-OH is 1. The molecule has 0 aliphatic heterocycles. The molecule has 3 rings (SSSR count). The maximum Gasteiger partial charge on any atom is 0.0780 e. The van der Waals surface area contributed by atoms with E-state index in [2.05, 4.69) is 39.8 Å². The molecule has 4 atom stereocenters. The molecule has 112 valence electrons. The first kappa shape index (κ1) is 14.4. The molecule has 1 nitrogen and oxygen atoms in total. The largest absolute Gasteiger partial charge is 0.388 e. The highest BCUT2D eigenvalue weighted by molar-refractivity contribution is 5.36. The fourth-order valence-electron chi connectivity index (χ4n) is 5.16. The van der Waals surface area contributed by atoms with E-state index in [0.717, 1.165) is 6.42 Å². The highest BCUT2D eigenvalue weighted by atomic mass is 16.3. The minimum absolute atomic E-state index is 0.0618. The van der Waals surface area contributed by atoms with E-state index in [9.17, 15) is 5.11 Å². The fraction of sp³-hybridized carbons (Fsp3) is 0.789. The van der Waals surface area contributed by atoms with E-state index in [0.29, 0.717) is 17.3 Å². The highest BCUT2D eigenvalue weighted by Gasteiger charge is 2.53. The summed E-state index contributed by atoms with van der Waals surface area (Å²) in [6.45, 7) is 9.53. The van der Waals surface area contributed by atoms with Gasteiger partial charge in [0.15, 0.2) is 0 Å². The average molecular weight is 274 g/mol. The van der Waals surface area contributed by atoms with E-state index in [4.69, 9.17) is 0 Å². The van der Waals surface area contributed by atoms with Gasteiger partial charge in [-0.15, -0.1) is 0 Å². The summed E-state index contributed by atoms with van der Waals surface area (Å²) in [5, 5.41) is 10.7. The molecule has 20 heavy (non-hydrogen) atoms. The number of hydrogen-bond donors (Lipinski definition) is 1. The minimum atomic E-state index is -0.263. The Labute approximate surface area is 124 Å². The average Bonchev–Trinajstić information content (AvgIpc) is 2.67. The van der Waals surface area contributed by atoms with Gasteiger partial charge in [-0.1, -0.05) is 51.0 Å². The lowest BCUT2D eigenvalue weighted by Crippen LogP contribution is -2.46. The predicted molar refractivity (Wildman–Crippen MR) is 84.4 cm³/mol. The molecule has 1 N–H and O–H groups in total. The number of rotatable bonds is 1. The van der Waals surface area contributed by atoms with Crippen LogP contribution in [0.4, 0.5) is 0 Å². The summed E-state index contributed by atoms with van der Waals surface area (Å²) in [6.07, 6.45) is 11.4. The summed E-state index contributed by atoms with van der Waals surface area (Å²) in [6, 6.07) is 0. The van der Waals surface area contributed by atoms with Crippen LogP contribution in [0, 0.1) is 22.7 Å². The van der Waals surface area contributed by atoms with Gasteiger partial charge in [0, 0.05) is 5.41 Å². The van der Waals surface area contributed by atoms with E-state index in [1.807, 2.05) is 0 Å². The second-order valence-electron chi connectivity index (χ2n) is 8.16. The number of aliphatic hydroxyl groups is 1. The van der Waals surface area contributed by atoms with Crippen LogP contribution in [-0.2, 0) is 0 Å². The third kappa shape index (κ3) is 1.93. The van der Waals surface area contributed by atoms with E-state index < -0.39 is 0 Å². The number of fused-ring (bicyclic) bond motifs is 3. The lowest BCUT2D eigenvalue weighted by atomic mass is 9.54. The molecule has 0 bridgehead atoms. The first-order valence-electron chi connectivity index (χ1n) is 8.46. The summed E-state index contributed by atoms with van der Waals surface area (Å²) >= 11 is 0. The first-order chi connectivity index (χ1) is 9.38. The van der Waals surface area contributed by atoms with E-state index in [-0.39, 0.29) is 11.5 Å². The molecular weight excluding hydrogens is 244 g/mol. The molecule has 0 aromatic carbocycles. The van der Waals surface area contributed by atoms with Crippen molar-refractivity contribution in [3.63, 3.8) is 0 Å². The summed E-state index contributed by atoms with van der Waals surface area (Å²) in [5.74, 6) is 1.26. The Morgan fingerprint density at radius 3 is 2.65 bits per heavy atom. The fourth-order valence-corrected chi connectivity index (χ4v) is 5.16. The van der Waals surface area contributed by atoms with E-state index in [1.165, 1.54) is 32.1 Å². The summed E-state index contributed by atoms with van der Waals surface area (Å²) < 4.78 is 0. The van der Waals surface area contributed by atoms with Crippen molar-refractivity contribution in [3.8, 4) is 0 Å². The summed E-state index contributed by atoms with van der Waals surface area (Å²) in [7, 11) is 0. The molecule has 3 aliphatic rings. The lowest BCUT2D eigenvalue weighted by molar-refractivity contribution is -0.00646. The van der Waals surface area contributed by atoms with Crippen molar-refractivity contribution in [1.82, 2.24) is 0 Å². The standard InChI is InChI=1S/C19H30O/c1-13(2)14-9-10-18(3)11-12-19(4)15(17(14)18)7-5-6-8-16(19)20/h6,8,13,15-16,20H,5,7,9-12H2,1-4H3/t15-,16-,18+,19+/m0/s1. The smallest absolute Gasteiger partial charge is 0.0780 e. The Morgan fingerprint density at radius 2 is 1.95 bits per heavy atom. The molecule has 0 aromatic heterocycles. The number of allylic oxidation sites excluding steroid dienone is 3. The Hall–Kier alpha value is -0.560. The molecule has 0 amide bonds. The van der Waals surface area contributed by atoms with Crippen molar-refractivity contribution in [2.24, 2.45) is 22.7 Å². The van der Waals surface area contributed by atoms with Gasteiger partial charge in [-0.25, -0.2) is 0 Å². The molecular formula is C19H30O. The monoisotopic (exact) mass is 274 g/mol. The van der Waals surface area contributed by atoms with Gasteiger partial charge in [0.2, 0.25) is 0 Å². The van der Waals surface area contributed by atoms with Gasteiger partial charge >= 0.3 is 0 Å². The van der Waals surface area contributed by atoms with Crippen LogP contribution in [0.5, 0.6) is 0 Å². The lowest BCUT2D eigenvalue weighted by Gasteiger charge is -2.51. The molecule has 0 saturated heterocycles. The topological polar surface area (TPSA) is 20.2 Å². The zero-order chi connectivity index (χ0) is 14.5. The Kier molecular flexibility index (Phi) is 3.40. The Balaban J connectivity index is 2.09. The van der Waals surface area contributed by atoms with Crippen molar-refractivity contribution in [2.45, 2.75) is 72.3 Å². The van der Waals surface area contributed by atoms with Crippen molar-refractivity contribution < 1.29 is 5.11 Å². The molecule has 0 spiro atoms. The van der Waals surface area contributed by atoms with Crippen molar-refractivity contribution in [2.75, 3.05) is 0 Å². The van der Waals surface area contributed by atoms with Gasteiger partial charge in [0.1, 0.15) is 0 Å². The van der Waals surface area contributed by atoms with Crippen molar-refractivity contribution in [3.05, 3.63) is 23.3 Å². The maximum atomic E-state index is 10.7. The second kappa shape index (κ2) is 4.73. The van der Waals surface area contributed by atoms with Crippen LogP contribution in [0.15, 0.2) is 23.3 Å². The van der Waals surface area contributed by atoms with Gasteiger partial charge in [-0.3, -0.25) is 0 Å². The zero-order valence-corrected chi connectivity index (χ0v) is 13.6. The third-order valence-corrected chi connectivity index (χ3v) is 6.62. The summed E-state index contributed by atoms with van der Waals surface area (Å²) in [5.41, 5.74) is 3.96. The third-order valence-electron chi connectivity index (χ3n) is 6.62. The molecule has 1 heteroatoms. The van der Waals surface area contributed by atoms with Gasteiger partial charge in [-0.05, 0) is 55.8 Å². The second-order valence-corrected chi connectivity index (χ2v) is 8.16. The maximum absolute atomic E-state index is 10.7. The van der Waals surface area contributed by atoms with Gasteiger partial charge in [0.25, 0.3) is 0 Å². The molecule has 0 aromatic rings. The van der Waals surface area contributed by atoms with Crippen LogP contribution in [0.1, 0.15) is 66.2 Å². The molecule has 0 heterocycles. The van der Waals surface area contributed by atoms with Gasteiger partial charge in [0.05, 0.1) is 6.10 Å². The normalized spacial score (nSPS) is 44.5. The Bertz CT molecular complexity index is 458. The summed E-state index contributed by atoms with van der Waals surface area (Å²) in [4.78, 5) is 0. The van der Waals surface area contributed by atoms with Crippen LogP contribution in [0.25, 0.3) is 0 Å². The molecule has 1 saturated carbocycles. The van der Waals surface area contributed by atoms with Crippen LogP contribution in [0.3, 0.4) is 0 Å². The predicted octanol–water partition coefficient (Wildman–Crippen LogP) is 4.87. The van der Waals surface area contributed by atoms with Crippen LogP contribution in [0.2, 0.25) is 0 Å². The Morgan fingerprint density at radius 1 is 1.20 bits per heavy atom. The van der Waals surface area contributed by atoms with E-state index in [1.54, 1.807) is 11.1 Å². The highest BCUT2D eigenvalue weighted by Crippen LogP contribution is 2.62. The molecule has 0 unspecified atom stereocenters. The van der Waals surface area contributed by atoms with Crippen LogP contribution >= 0.6 is 0 Å². The zero-order valence-electron chi connectivity index (χ0n) is 13.6. The van der Waals surface area contributed by atoms with Gasteiger partial charge in [-0.2, -0.15) is 0 Å². The van der Waals surface area contributed by atoms with Crippen molar-refractivity contribution in [1.29, 1.82) is 0 Å². The minimum Gasteiger partial charge on any atom is -0.388 e. The number of hydrogen-bond acceptors (Lipinski definition) is 1. The van der Waals surface area contributed by atoms with Crippen molar-refractivity contribution >= 4 is 0 Å². The van der Waals surface area contributed by atoms with E-state index >= 15 is 0 Å². The molecule has 3 aliphatic carbocycles.